The van der Waals surface area contributed by atoms with Gasteiger partial charge in [0, 0.05) is 30.5 Å². The number of nitrogens with one attached hydrogen (secondary N) is 1. The zero-order chi connectivity index (χ0) is 22.9. The van der Waals surface area contributed by atoms with E-state index in [0.717, 1.165) is 12.1 Å². The number of hydrogen-bond acceptors (Lipinski definition) is 8. The van der Waals surface area contributed by atoms with Gasteiger partial charge in [0.25, 0.3) is 0 Å². The molecule has 1 aromatic heterocycles. The molecule has 0 amide bonds. The van der Waals surface area contributed by atoms with Crippen LogP contribution in [0.4, 0.5) is 10.8 Å². The molecule has 3 atom stereocenters. The van der Waals surface area contributed by atoms with Crippen molar-refractivity contribution >= 4 is 34.1 Å². The summed E-state index contributed by atoms with van der Waals surface area (Å²) in [5, 5.41) is 5.85. The molecular formula is C24H30N2O5S. The lowest BCUT2D eigenvalue weighted by Crippen LogP contribution is -2.32. The normalized spacial score (nSPS) is 27.2. The summed E-state index contributed by atoms with van der Waals surface area (Å²) in [7, 11) is 0. The average Bonchev–Trinajstić information content (AvgIpc) is 3.39. The fourth-order valence-corrected chi connectivity index (χ4v) is 5.03. The first-order chi connectivity index (χ1) is 15.2. The molecule has 2 saturated heterocycles. The van der Waals surface area contributed by atoms with E-state index in [1.807, 2.05) is 43.5 Å². The van der Waals surface area contributed by atoms with Crippen LogP contribution in [0.15, 0.2) is 29.6 Å². The lowest BCUT2D eigenvalue weighted by Gasteiger charge is -2.20. The van der Waals surface area contributed by atoms with Gasteiger partial charge in [0.2, 0.25) is 0 Å². The summed E-state index contributed by atoms with van der Waals surface area (Å²) in [5.74, 6) is -0.505. The van der Waals surface area contributed by atoms with Crippen molar-refractivity contribution in [3.05, 3.63) is 40.9 Å². The molecule has 1 N–H and O–H groups in total. The summed E-state index contributed by atoms with van der Waals surface area (Å²) in [6, 6.07) is 8.02. The minimum absolute atomic E-state index is 0.216. The maximum atomic E-state index is 12.9. The number of cyclic esters (lactones) is 2. The van der Waals surface area contributed by atoms with Crippen LogP contribution in [0.25, 0.3) is 0 Å². The number of carbonyl (C=O) groups excluding carboxylic acids is 2. The monoisotopic (exact) mass is 458 g/mol. The van der Waals surface area contributed by atoms with Crippen LogP contribution in [-0.2, 0) is 29.4 Å². The molecule has 8 heteroatoms. The maximum absolute atomic E-state index is 12.9. The molecule has 2 aliphatic rings. The van der Waals surface area contributed by atoms with E-state index in [9.17, 15) is 9.59 Å². The summed E-state index contributed by atoms with van der Waals surface area (Å²) in [6.45, 7) is 9.01. The number of hydrogen-bond donors (Lipinski definition) is 1. The highest BCUT2D eigenvalue weighted by Crippen LogP contribution is 2.52. The van der Waals surface area contributed by atoms with Gasteiger partial charge in [-0.2, -0.15) is 0 Å². The molecular weight excluding hydrogens is 428 g/mol. The van der Waals surface area contributed by atoms with E-state index in [2.05, 4.69) is 24.1 Å². The van der Waals surface area contributed by atoms with E-state index >= 15 is 0 Å². The van der Waals surface area contributed by atoms with Crippen LogP contribution in [-0.4, -0.2) is 36.2 Å². The number of anilines is 2. The number of nitrogens with zero attached hydrogens (tertiary/aromatic N) is 1. The fraction of sp³-hybridized carbons (Fsp3) is 0.542. The lowest BCUT2D eigenvalue weighted by atomic mass is 9.78. The summed E-state index contributed by atoms with van der Waals surface area (Å²) in [4.78, 5) is 30.3. The number of benzene rings is 1. The summed E-state index contributed by atoms with van der Waals surface area (Å²) < 4.78 is 16.9. The highest BCUT2D eigenvalue weighted by Gasteiger charge is 2.65. The summed E-state index contributed by atoms with van der Waals surface area (Å²) >= 11 is 1.43. The zero-order valence-corrected chi connectivity index (χ0v) is 19.8. The van der Waals surface area contributed by atoms with Crippen molar-refractivity contribution in [3.8, 4) is 0 Å². The molecule has 0 radical (unpaired) electrons. The highest BCUT2D eigenvalue weighted by molar-refractivity contribution is 7.13. The Morgan fingerprint density at radius 3 is 2.72 bits per heavy atom. The van der Waals surface area contributed by atoms with Crippen LogP contribution < -0.4 is 5.32 Å². The van der Waals surface area contributed by atoms with Crippen LogP contribution in [0.3, 0.4) is 0 Å². The van der Waals surface area contributed by atoms with Gasteiger partial charge in [-0.15, -0.1) is 11.3 Å². The minimum atomic E-state index is -1.28. The molecule has 3 heterocycles. The van der Waals surface area contributed by atoms with Gasteiger partial charge < -0.3 is 19.5 Å². The Kier molecular flexibility index (Phi) is 6.27. The SMILES string of the molecule is Cc1ccc(Nc2nc([C@]3(C)C[C@]4(C[C@H](COCCC(C)C)OC4=O)C(=O)O3)cs2)cc1. The molecule has 0 saturated carbocycles. The van der Waals surface area contributed by atoms with E-state index in [4.69, 9.17) is 14.2 Å². The highest BCUT2D eigenvalue weighted by atomic mass is 32.1. The van der Waals surface area contributed by atoms with Gasteiger partial charge in [-0.1, -0.05) is 31.5 Å². The number of esters is 2. The third-order valence-electron chi connectivity index (χ3n) is 6.08. The second-order valence-corrected chi connectivity index (χ2v) is 10.3. The average molecular weight is 459 g/mol. The molecule has 2 fully saturated rings. The third-order valence-corrected chi connectivity index (χ3v) is 6.84. The summed E-state index contributed by atoms with van der Waals surface area (Å²) in [5.41, 5.74) is 0.480. The predicted octanol–water partition coefficient (Wildman–Crippen LogP) is 4.72. The van der Waals surface area contributed by atoms with Crippen molar-refractivity contribution in [1.29, 1.82) is 0 Å². The first kappa shape index (κ1) is 22.7. The van der Waals surface area contributed by atoms with E-state index in [1.165, 1.54) is 16.9 Å². The van der Waals surface area contributed by atoms with Crippen LogP contribution >= 0.6 is 11.3 Å². The molecule has 32 heavy (non-hydrogen) atoms. The van der Waals surface area contributed by atoms with Crippen LogP contribution in [0, 0.1) is 18.3 Å². The molecule has 4 rings (SSSR count). The molecule has 7 nitrogen and oxygen atoms in total. The number of aromatic nitrogens is 1. The smallest absolute Gasteiger partial charge is 0.324 e. The van der Waals surface area contributed by atoms with Crippen LogP contribution in [0.2, 0.25) is 0 Å². The topological polar surface area (TPSA) is 86.8 Å². The van der Waals surface area contributed by atoms with Crippen LogP contribution in [0.5, 0.6) is 0 Å². The second kappa shape index (κ2) is 8.83. The maximum Gasteiger partial charge on any atom is 0.324 e. The third kappa shape index (κ3) is 4.52. The van der Waals surface area contributed by atoms with Gasteiger partial charge >= 0.3 is 11.9 Å². The van der Waals surface area contributed by atoms with Crippen molar-refractivity contribution in [3.63, 3.8) is 0 Å². The fourth-order valence-electron chi connectivity index (χ4n) is 4.18. The molecule has 2 aromatic rings. The molecule has 2 aliphatic heterocycles. The van der Waals surface area contributed by atoms with Gasteiger partial charge in [-0.25, -0.2) is 4.98 Å². The largest absolute Gasteiger partial charge is 0.459 e. The van der Waals surface area contributed by atoms with Gasteiger partial charge in [0.05, 0.1) is 12.3 Å². The van der Waals surface area contributed by atoms with E-state index in [0.29, 0.717) is 30.0 Å². The standard InChI is InChI=1S/C24H30N2O5S/c1-15(2)9-10-29-12-18-11-24(20(27)30-18)14-23(4,31-21(24)28)19-13-32-22(26-19)25-17-7-5-16(3)6-8-17/h5-8,13,15,18H,9-12,14H2,1-4H3,(H,25,26)/t18-,23+,24+/m1/s1. The molecule has 0 aliphatic carbocycles. The number of aryl methyl sites for hydroxylation is 1. The van der Waals surface area contributed by atoms with E-state index in [-0.39, 0.29) is 12.8 Å². The van der Waals surface area contributed by atoms with Crippen molar-refractivity contribution in [1.82, 2.24) is 4.98 Å². The number of thiazole rings is 1. The summed E-state index contributed by atoms with van der Waals surface area (Å²) in [6.07, 6.45) is 1.00. The van der Waals surface area contributed by atoms with Crippen molar-refractivity contribution < 1.29 is 23.8 Å². The Morgan fingerprint density at radius 1 is 1.25 bits per heavy atom. The van der Waals surface area contributed by atoms with Gasteiger partial charge in [-0.05, 0) is 38.3 Å². The number of carbonyl (C=O) groups is 2. The van der Waals surface area contributed by atoms with Gasteiger partial charge in [0.15, 0.2) is 16.1 Å². The second-order valence-electron chi connectivity index (χ2n) is 9.40. The Labute approximate surface area is 192 Å². The van der Waals surface area contributed by atoms with E-state index in [1.54, 1.807) is 0 Å². The van der Waals surface area contributed by atoms with Gasteiger partial charge in [0.1, 0.15) is 6.10 Å². The van der Waals surface area contributed by atoms with Crippen molar-refractivity contribution in [2.75, 3.05) is 18.5 Å². The first-order valence-electron chi connectivity index (χ1n) is 11.0. The zero-order valence-electron chi connectivity index (χ0n) is 19.0. The first-order valence-corrected chi connectivity index (χ1v) is 11.9. The lowest BCUT2D eigenvalue weighted by molar-refractivity contribution is -0.160. The Hall–Kier alpha value is -2.45. The molecule has 172 valence electrons. The quantitative estimate of drug-likeness (QED) is 0.348. The van der Waals surface area contributed by atoms with Crippen LogP contribution in [0.1, 0.15) is 51.3 Å². The van der Waals surface area contributed by atoms with E-state index < -0.39 is 29.1 Å². The minimum Gasteiger partial charge on any atom is -0.459 e. The number of ether oxygens (including phenoxy) is 3. The Bertz CT molecular complexity index is 989. The molecule has 1 aromatic carbocycles. The Balaban J connectivity index is 1.42. The molecule has 0 bridgehead atoms. The number of rotatable bonds is 8. The predicted molar refractivity (Wildman–Crippen MR) is 122 cm³/mol. The van der Waals surface area contributed by atoms with Gasteiger partial charge in [-0.3, -0.25) is 9.59 Å². The molecule has 0 unspecified atom stereocenters. The Morgan fingerprint density at radius 2 is 2.00 bits per heavy atom. The molecule has 1 spiro atoms. The van der Waals surface area contributed by atoms with Crippen molar-refractivity contribution in [2.45, 2.75) is 58.7 Å². The van der Waals surface area contributed by atoms with Crippen molar-refractivity contribution in [2.24, 2.45) is 11.3 Å².